The molecule has 1 atom stereocenters. The van der Waals surface area contributed by atoms with Crippen molar-refractivity contribution in [2.75, 3.05) is 5.88 Å². The molecule has 0 N–H and O–H groups in total. The molecule has 0 aromatic heterocycles. The van der Waals surface area contributed by atoms with Crippen LogP contribution in [0.2, 0.25) is 0 Å². The maximum atomic E-state index is 11.9. The lowest BCUT2D eigenvalue weighted by Gasteiger charge is -2.19. The van der Waals surface area contributed by atoms with E-state index in [4.69, 9.17) is 11.6 Å². The summed E-state index contributed by atoms with van der Waals surface area (Å²) >= 11 is 4.87. The Bertz CT molecular complexity index is 194. The van der Waals surface area contributed by atoms with Crippen LogP contribution in [-0.2, 0) is 4.74 Å². The Balaban J connectivity index is 2.95. The Hall–Kier alpha value is -0.170. The van der Waals surface area contributed by atoms with Crippen molar-refractivity contribution in [1.82, 2.24) is 0 Å². The number of hydrogen-bond acceptors (Lipinski definition) is 1. The van der Waals surface area contributed by atoms with Crippen molar-refractivity contribution in [3.63, 3.8) is 0 Å². The van der Waals surface area contributed by atoms with Gasteiger partial charge < -0.3 is 4.74 Å². The van der Waals surface area contributed by atoms with Crippen molar-refractivity contribution in [3.8, 4) is 0 Å². The van der Waals surface area contributed by atoms with Gasteiger partial charge in [0, 0.05) is 0 Å². The van der Waals surface area contributed by atoms with Gasteiger partial charge in [-0.25, -0.2) is 0 Å². The number of hydrogen-bond donors (Lipinski definition) is 0. The van der Waals surface area contributed by atoms with Gasteiger partial charge in [0.1, 0.15) is 6.10 Å². The molecular weight excluding hydrogens is 225 g/mol. The summed E-state index contributed by atoms with van der Waals surface area (Å²) in [5.41, 5.74) is -4.04. The van der Waals surface area contributed by atoms with E-state index < -0.39 is 29.9 Å². The fourth-order valence-corrected chi connectivity index (χ4v) is 1.27. The first-order chi connectivity index (χ1) is 5.67. The van der Waals surface area contributed by atoms with Crippen molar-refractivity contribution in [3.05, 3.63) is 0 Å². The average molecular weight is 229 g/mol. The van der Waals surface area contributed by atoms with E-state index >= 15 is 0 Å². The van der Waals surface area contributed by atoms with Gasteiger partial charge in [-0.15, -0.1) is 11.6 Å². The molecule has 0 aromatic rings. The zero-order valence-electron chi connectivity index (χ0n) is 5.84. The Morgan fingerprint density at radius 3 is 1.54 bits per heavy atom. The van der Waals surface area contributed by atoms with Crippen molar-refractivity contribution < 1.29 is 31.1 Å². The topological polar surface area (TPSA) is 12.5 Å². The minimum absolute atomic E-state index is 0.834. The summed E-state index contributed by atoms with van der Waals surface area (Å²) < 4.78 is 75.2. The summed E-state index contributed by atoms with van der Waals surface area (Å²) in [5, 5.41) is 0. The van der Waals surface area contributed by atoms with Crippen LogP contribution in [0.3, 0.4) is 0 Å². The van der Waals surface area contributed by atoms with E-state index in [-0.39, 0.29) is 0 Å². The third-order valence-electron chi connectivity index (χ3n) is 1.71. The third-order valence-corrected chi connectivity index (χ3v) is 1.99. The highest BCUT2D eigenvalue weighted by Crippen LogP contribution is 2.58. The van der Waals surface area contributed by atoms with Crippen LogP contribution in [0.25, 0.3) is 0 Å². The first-order valence-electron chi connectivity index (χ1n) is 3.04. The van der Waals surface area contributed by atoms with E-state index in [1.165, 1.54) is 0 Å². The molecule has 8 heteroatoms. The lowest BCUT2D eigenvalue weighted by Crippen LogP contribution is -2.48. The van der Waals surface area contributed by atoms with Gasteiger partial charge in [0.05, 0.1) is 5.88 Å². The molecule has 1 aliphatic rings. The SMILES string of the molecule is FC(F)(F)C1(C(F)(F)F)OC1CCl. The van der Waals surface area contributed by atoms with Gasteiger partial charge in [-0.3, -0.25) is 0 Å². The van der Waals surface area contributed by atoms with E-state index in [1.807, 2.05) is 0 Å². The molecule has 0 amide bonds. The second kappa shape index (κ2) is 2.66. The van der Waals surface area contributed by atoms with E-state index in [1.54, 1.807) is 0 Å². The van der Waals surface area contributed by atoms with Gasteiger partial charge in [0.15, 0.2) is 0 Å². The van der Waals surface area contributed by atoms with Crippen molar-refractivity contribution in [1.29, 1.82) is 0 Å². The molecule has 1 aliphatic heterocycles. The zero-order chi connectivity index (χ0) is 10.5. The van der Waals surface area contributed by atoms with Crippen molar-refractivity contribution >= 4 is 11.6 Å². The summed E-state index contributed by atoms with van der Waals surface area (Å²) in [6, 6.07) is 0. The summed E-state index contributed by atoms with van der Waals surface area (Å²) in [4.78, 5) is 0. The highest BCUT2D eigenvalue weighted by Gasteiger charge is 2.86. The molecule has 0 aliphatic carbocycles. The van der Waals surface area contributed by atoms with Crippen LogP contribution in [-0.4, -0.2) is 29.9 Å². The molecule has 0 bridgehead atoms. The van der Waals surface area contributed by atoms with Gasteiger partial charge in [-0.05, 0) is 0 Å². The van der Waals surface area contributed by atoms with Crippen LogP contribution in [0.4, 0.5) is 26.3 Å². The second-order valence-electron chi connectivity index (χ2n) is 2.49. The van der Waals surface area contributed by atoms with Crippen LogP contribution in [0.5, 0.6) is 0 Å². The van der Waals surface area contributed by atoms with Gasteiger partial charge in [0.2, 0.25) is 0 Å². The molecule has 1 fully saturated rings. The van der Waals surface area contributed by atoms with Gasteiger partial charge >= 0.3 is 12.4 Å². The van der Waals surface area contributed by atoms with Gasteiger partial charge in [-0.1, -0.05) is 0 Å². The largest absolute Gasteiger partial charge is 0.429 e. The van der Waals surface area contributed by atoms with Gasteiger partial charge in [0.25, 0.3) is 5.60 Å². The molecule has 1 unspecified atom stereocenters. The van der Waals surface area contributed by atoms with Crippen LogP contribution in [0.15, 0.2) is 0 Å². The second-order valence-corrected chi connectivity index (χ2v) is 2.80. The fourth-order valence-electron chi connectivity index (χ4n) is 0.990. The number of alkyl halides is 7. The molecule has 78 valence electrons. The smallest absolute Gasteiger partial charge is 0.348 e. The van der Waals surface area contributed by atoms with E-state index in [0.717, 1.165) is 0 Å². The quantitative estimate of drug-likeness (QED) is 0.382. The van der Waals surface area contributed by atoms with Gasteiger partial charge in [-0.2, -0.15) is 26.3 Å². The first-order valence-corrected chi connectivity index (χ1v) is 3.57. The van der Waals surface area contributed by atoms with Crippen molar-refractivity contribution in [2.24, 2.45) is 0 Å². The summed E-state index contributed by atoms with van der Waals surface area (Å²) in [6.07, 6.45) is -13.0. The van der Waals surface area contributed by atoms with E-state index in [9.17, 15) is 26.3 Å². The molecule has 13 heavy (non-hydrogen) atoms. The van der Waals surface area contributed by atoms with E-state index in [2.05, 4.69) is 4.74 Å². The summed E-state index contributed by atoms with van der Waals surface area (Å²) in [7, 11) is 0. The number of halogens is 7. The predicted molar refractivity (Wildman–Crippen MR) is 30.4 cm³/mol. The van der Waals surface area contributed by atoms with E-state index in [0.29, 0.717) is 0 Å². The van der Waals surface area contributed by atoms with Crippen LogP contribution in [0, 0.1) is 0 Å². The standard InChI is InChI=1S/C5H3ClF6O/c6-1-2-3(13-2,4(7,8)9)5(10,11)12/h2H,1H2. The van der Waals surface area contributed by atoms with Crippen molar-refractivity contribution in [2.45, 2.75) is 24.1 Å². The Morgan fingerprint density at radius 2 is 1.46 bits per heavy atom. The third kappa shape index (κ3) is 1.38. The lowest BCUT2D eigenvalue weighted by atomic mass is 10.1. The monoisotopic (exact) mass is 228 g/mol. The lowest BCUT2D eigenvalue weighted by molar-refractivity contribution is -0.292. The van der Waals surface area contributed by atoms with Crippen LogP contribution < -0.4 is 0 Å². The molecule has 1 nitrogen and oxygen atoms in total. The Morgan fingerprint density at radius 1 is 1.08 bits per heavy atom. The number of rotatable bonds is 1. The molecule has 0 saturated carbocycles. The zero-order valence-corrected chi connectivity index (χ0v) is 6.59. The minimum atomic E-state index is -5.47. The fraction of sp³-hybridized carbons (Fsp3) is 1.00. The molecule has 0 spiro atoms. The minimum Gasteiger partial charge on any atom is -0.348 e. The number of epoxide rings is 1. The summed E-state index contributed by atoms with van der Waals surface area (Å²) in [5.74, 6) is -0.834. The van der Waals surface area contributed by atoms with Crippen LogP contribution in [0.1, 0.15) is 0 Å². The van der Waals surface area contributed by atoms with Crippen LogP contribution >= 0.6 is 11.6 Å². The molecule has 0 aromatic carbocycles. The Kier molecular flexibility index (Phi) is 2.23. The molecule has 1 heterocycles. The highest BCUT2D eigenvalue weighted by atomic mass is 35.5. The molecular formula is C5H3ClF6O. The maximum absolute atomic E-state index is 11.9. The normalized spacial score (nSPS) is 27.5. The Labute approximate surface area is 73.6 Å². The highest BCUT2D eigenvalue weighted by molar-refractivity contribution is 6.18. The average Bonchev–Trinajstić information content (AvgIpc) is 2.57. The first kappa shape index (κ1) is 10.9. The molecule has 0 radical (unpaired) electrons. The molecule has 1 saturated heterocycles. The maximum Gasteiger partial charge on any atom is 0.429 e. The summed E-state index contributed by atoms with van der Waals surface area (Å²) in [6.45, 7) is 0. The number of ether oxygens (including phenoxy) is 1. The predicted octanol–water partition coefficient (Wildman–Crippen LogP) is 2.49. The molecule has 1 rings (SSSR count).